The average molecular weight is 434 g/mol. The molecule has 0 amide bonds. The highest BCUT2D eigenvalue weighted by molar-refractivity contribution is 7.07. The molecule has 0 aliphatic carbocycles. The SMILES string of the molecule is COc1ccc2cc(-c3csc(=NC(C)C)n3N=Cc3ccc(O)cc3O)ccc2c1. The Balaban J connectivity index is 1.82. The topological polar surface area (TPSA) is 79.3 Å². The van der Waals surface area contributed by atoms with Gasteiger partial charge in [0.1, 0.15) is 17.2 Å². The van der Waals surface area contributed by atoms with E-state index >= 15 is 0 Å². The predicted molar refractivity (Wildman–Crippen MR) is 125 cm³/mol. The van der Waals surface area contributed by atoms with Crippen LogP contribution in [0, 0.1) is 0 Å². The first-order chi connectivity index (χ1) is 14.9. The molecule has 0 aliphatic heterocycles. The van der Waals surface area contributed by atoms with Gasteiger partial charge in [0, 0.05) is 28.6 Å². The molecule has 0 saturated carbocycles. The summed E-state index contributed by atoms with van der Waals surface area (Å²) in [5.41, 5.74) is 2.41. The largest absolute Gasteiger partial charge is 0.508 e. The van der Waals surface area contributed by atoms with Crippen molar-refractivity contribution in [2.45, 2.75) is 19.9 Å². The Bertz CT molecular complexity index is 1340. The molecule has 4 aromatic rings. The minimum atomic E-state index is -0.0388. The highest BCUT2D eigenvalue weighted by Gasteiger charge is 2.10. The lowest BCUT2D eigenvalue weighted by Gasteiger charge is -2.07. The Morgan fingerprint density at radius 3 is 2.52 bits per heavy atom. The van der Waals surface area contributed by atoms with Crippen molar-refractivity contribution in [3.8, 4) is 28.5 Å². The molecule has 0 unspecified atom stereocenters. The van der Waals surface area contributed by atoms with Crippen LogP contribution in [-0.4, -0.2) is 34.3 Å². The molecule has 158 valence electrons. The molecule has 0 atom stereocenters. The van der Waals surface area contributed by atoms with E-state index in [9.17, 15) is 10.2 Å². The summed E-state index contributed by atoms with van der Waals surface area (Å²) >= 11 is 1.51. The lowest BCUT2D eigenvalue weighted by molar-refractivity contribution is 0.415. The van der Waals surface area contributed by atoms with E-state index in [0.717, 1.165) is 32.6 Å². The quantitative estimate of drug-likeness (QED) is 0.436. The van der Waals surface area contributed by atoms with Gasteiger partial charge in [-0.1, -0.05) is 18.2 Å². The number of nitrogens with zero attached hydrogens (tertiary/aromatic N) is 3. The Morgan fingerprint density at radius 1 is 1.00 bits per heavy atom. The Morgan fingerprint density at radius 2 is 1.77 bits per heavy atom. The van der Waals surface area contributed by atoms with Gasteiger partial charge in [-0.05, 0) is 55.0 Å². The maximum atomic E-state index is 10.1. The smallest absolute Gasteiger partial charge is 0.206 e. The molecular formula is C24H23N3O3S. The van der Waals surface area contributed by atoms with Gasteiger partial charge in [0.2, 0.25) is 4.80 Å². The summed E-state index contributed by atoms with van der Waals surface area (Å²) < 4.78 is 7.10. The van der Waals surface area contributed by atoms with Gasteiger partial charge in [0.15, 0.2) is 0 Å². The number of aromatic hydroxyl groups is 2. The monoisotopic (exact) mass is 433 g/mol. The molecule has 0 bridgehead atoms. The second-order valence-electron chi connectivity index (χ2n) is 7.35. The van der Waals surface area contributed by atoms with Gasteiger partial charge in [-0.2, -0.15) is 5.10 Å². The van der Waals surface area contributed by atoms with Crippen LogP contribution in [-0.2, 0) is 0 Å². The summed E-state index contributed by atoms with van der Waals surface area (Å²) in [6.07, 6.45) is 1.57. The van der Waals surface area contributed by atoms with Crippen LogP contribution >= 0.6 is 11.3 Å². The van der Waals surface area contributed by atoms with Gasteiger partial charge in [0.05, 0.1) is 19.0 Å². The number of phenolic OH excluding ortho intramolecular Hbond substituents is 2. The van der Waals surface area contributed by atoms with E-state index in [1.165, 1.54) is 23.5 Å². The number of rotatable bonds is 5. The van der Waals surface area contributed by atoms with E-state index in [1.807, 2.05) is 43.5 Å². The molecular weight excluding hydrogens is 410 g/mol. The maximum Gasteiger partial charge on any atom is 0.206 e. The predicted octanol–water partition coefficient (Wildman–Crippen LogP) is 4.98. The van der Waals surface area contributed by atoms with Crippen molar-refractivity contribution in [2.75, 3.05) is 7.11 Å². The zero-order valence-corrected chi connectivity index (χ0v) is 18.3. The minimum Gasteiger partial charge on any atom is -0.508 e. The molecule has 0 spiro atoms. The van der Waals surface area contributed by atoms with E-state index in [1.54, 1.807) is 24.1 Å². The van der Waals surface area contributed by atoms with Crippen LogP contribution in [0.1, 0.15) is 19.4 Å². The van der Waals surface area contributed by atoms with Crippen LogP contribution in [0.15, 0.2) is 70.1 Å². The van der Waals surface area contributed by atoms with Crippen LogP contribution in [0.3, 0.4) is 0 Å². The zero-order valence-electron chi connectivity index (χ0n) is 17.5. The van der Waals surface area contributed by atoms with Crippen molar-refractivity contribution in [1.82, 2.24) is 4.68 Å². The van der Waals surface area contributed by atoms with Crippen molar-refractivity contribution in [1.29, 1.82) is 0 Å². The molecule has 2 N–H and O–H groups in total. The van der Waals surface area contributed by atoms with Crippen LogP contribution in [0.5, 0.6) is 17.2 Å². The van der Waals surface area contributed by atoms with Crippen molar-refractivity contribution < 1.29 is 14.9 Å². The number of benzene rings is 3. The summed E-state index contributed by atoms with van der Waals surface area (Å²) in [6, 6.07) is 16.7. The Hall–Kier alpha value is -3.58. The first-order valence-corrected chi connectivity index (χ1v) is 10.7. The average Bonchev–Trinajstić information content (AvgIpc) is 3.14. The second kappa shape index (κ2) is 8.65. The van der Waals surface area contributed by atoms with Crippen LogP contribution < -0.4 is 9.54 Å². The first-order valence-electron chi connectivity index (χ1n) is 9.83. The highest BCUT2D eigenvalue weighted by atomic mass is 32.1. The highest BCUT2D eigenvalue weighted by Crippen LogP contribution is 2.28. The summed E-state index contributed by atoms with van der Waals surface area (Å²) in [6.45, 7) is 4.03. The fourth-order valence-corrected chi connectivity index (χ4v) is 4.16. The number of fused-ring (bicyclic) bond motifs is 1. The fourth-order valence-electron chi connectivity index (χ4n) is 3.19. The summed E-state index contributed by atoms with van der Waals surface area (Å²) in [5.74, 6) is 0.784. The number of phenols is 2. The van der Waals surface area contributed by atoms with E-state index in [4.69, 9.17) is 4.74 Å². The minimum absolute atomic E-state index is 0.00168. The molecule has 0 aliphatic rings. The van der Waals surface area contributed by atoms with Crippen molar-refractivity contribution >= 4 is 28.3 Å². The number of hydrogen-bond acceptors (Lipinski definition) is 6. The Kier molecular flexibility index (Phi) is 5.77. The third-order valence-corrected chi connectivity index (χ3v) is 5.55. The van der Waals surface area contributed by atoms with Gasteiger partial charge in [-0.3, -0.25) is 4.99 Å². The molecule has 7 heteroatoms. The van der Waals surface area contributed by atoms with E-state index in [0.29, 0.717) is 5.56 Å². The maximum absolute atomic E-state index is 10.1. The number of thiazole rings is 1. The molecule has 1 heterocycles. The van der Waals surface area contributed by atoms with Crippen molar-refractivity contribution in [2.24, 2.45) is 10.1 Å². The number of ether oxygens (including phenoxy) is 1. The van der Waals surface area contributed by atoms with Crippen molar-refractivity contribution in [3.05, 3.63) is 70.3 Å². The van der Waals surface area contributed by atoms with Gasteiger partial charge in [-0.25, -0.2) is 4.68 Å². The zero-order chi connectivity index (χ0) is 22.0. The van der Waals surface area contributed by atoms with E-state index < -0.39 is 0 Å². The molecule has 0 radical (unpaired) electrons. The summed E-state index contributed by atoms with van der Waals surface area (Å²) in [7, 11) is 1.66. The summed E-state index contributed by atoms with van der Waals surface area (Å²) in [4.78, 5) is 5.45. The lowest BCUT2D eigenvalue weighted by atomic mass is 10.1. The van der Waals surface area contributed by atoms with Crippen LogP contribution in [0.25, 0.3) is 22.0 Å². The number of aromatic nitrogens is 1. The normalized spacial score (nSPS) is 12.3. The third kappa shape index (κ3) is 4.46. The van der Waals surface area contributed by atoms with Crippen LogP contribution in [0.2, 0.25) is 0 Å². The standard InChI is InChI=1S/C24H23N3O3S/c1-15(2)26-24-27(25-13-19-6-8-20(28)12-23(19)29)22(14-31-24)18-5-4-17-11-21(30-3)9-7-16(17)10-18/h4-15,28-29H,1-3H3. The van der Waals surface area contributed by atoms with Gasteiger partial charge < -0.3 is 14.9 Å². The third-order valence-electron chi connectivity index (χ3n) is 4.72. The van der Waals surface area contributed by atoms with Crippen LogP contribution in [0.4, 0.5) is 0 Å². The molecule has 6 nitrogen and oxygen atoms in total. The Labute approximate surface area is 184 Å². The molecule has 1 aromatic heterocycles. The van der Waals surface area contributed by atoms with E-state index in [2.05, 4.69) is 22.2 Å². The molecule has 31 heavy (non-hydrogen) atoms. The first kappa shape index (κ1) is 20.7. The molecule has 0 saturated heterocycles. The lowest BCUT2D eigenvalue weighted by Crippen LogP contribution is -2.14. The van der Waals surface area contributed by atoms with Crippen molar-refractivity contribution in [3.63, 3.8) is 0 Å². The molecule has 0 fully saturated rings. The second-order valence-corrected chi connectivity index (χ2v) is 8.19. The van der Waals surface area contributed by atoms with Gasteiger partial charge in [0.25, 0.3) is 0 Å². The van der Waals surface area contributed by atoms with E-state index in [-0.39, 0.29) is 17.5 Å². The van der Waals surface area contributed by atoms with Gasteiger partial charge >= 0.3 is 0 Å². The number of hydrogen-bond donors (Lipinski definition) is 2. The molecule has 4 rings (SSSR count). The summed E-state index contributed by atoms with van der Waals surface area (Å²) in [5, 5.41) is 28.4. The fraction of sp³-hybridized carbons (Fsp3) is 0.167. The molecule has 3 aromatic carbocycles. The number of methoxy groups -OCH3 is 1. The van der Waals surface area contributed by atoms with Gasteiger partial charge in [-0.15, -0.1) is 11.3 Å².